The summed E-state index contributed by atoms with van der Waals surface area (Å²) in [5, 5.41) is 15.2. The van der Waals surface area contributed by atoms with Crippen molar-refractivity contribution in [3.8, 4) is 17.0 Å². The van der Waals surface area contributed by atoms with Gasteiger partial charge in [-0.15, -0.1) is 0 Å². The molecule has 0 atom stereocenters. The number of rotatable bonds is 3. The molecule has 1 aromatic carbocycles. The molecule has 7 heteroatoms. The molecule has 112 valence electrons. The third kappa shape index (κ3) is 2.37. The molecule has 1 N–H and O–H groups in total. The van der Waals surface area contributed by atoms with Gasteiger partial charge in [-0.1, -0.05) is 28.9 Å². The first-order chi connectivity index (χ1) is 10.6. The highest BCUT2D eigenvalue weighted by Gasteiger charge is 2.22. The van der Waals surface area contributed by atoms with Crippen molar-refractivity contribution in [2.24, 2.45) is 0 Å². The molecule has 2 heterocycles. The molecule has 0 aliphatic heterocycles. The topological polar surface area (TPSA) is 85.5 Å². The Morgan fingerprint density at radius 1 is 1.36 bits per heavy atom. The van der Waals surface area contributed by atoms with Crippen LogP contribution in [-0.4, -0.2) is 27.8 Å². The molecule has 0 aliphatic rings. The molecule has 22 heavy (non-hydrogen) atoms. The highest BCUT2D eigenvalue weighted by Crippen LogP contribution is 2.36. The summed E-state index contributed by atoms with van der Waals surface area (Å²) in [6.07, 6.45) is 1.33. The zero-order chi connectivity index (χ0) is 15.7. The SMILES string of the molecule is CCOC(=O)c1ncc2onc(-c3ccc(Cl)cc3)c2c1O. The van der Waals surface area contributed by atoms with Crippen molar-refractivity contribution in [2.45, 2.75) is 6.92 Å². The van der Waals surface area contributed by atoms with Crippen molar-refractivity contribution < 1.29 is 19.2 Å². The van der Waals surface area contributed by atoms with Crippen molar-refractivity contribution in [2.75, 3.05) is 6.61 Å². The number of pyridine rings is 1. The molecular formula is C15H11ClN2O4. The van der Waals surface area contributed by atoms with Crippen LogP contribution in [0.5, 0.6) is 5.75 Å². The Hall–Kier alpha value is -2.60. The summed E-state index contributed by atoms with van der Waals surface area (Å²) in [7, 11) is 0. The fraction of sp³-hybridized carbons (Fsp3) is 0.133. The van der Waals surface area contributed by atoms with E-state index in [9.17, 15) is 9.90 Å². The van der Waals surface area contributed by atoms with E-state index in [4.69, 9.17) is 20.9 Å². The molecule has 0 saturated heterocycles. The molecule has 2 aromatic heterocycles. The molecule has 0 unspecified atom stereocenters. The average molecular weight is 319 g/mol. The number of carbonyl (C=O) groups excluding carboxylic acids is 1. The normalized spacial score (nSPS) is 10.8. The van der Waals surface area contributed by atoms with Crippen LogP contribution in [0.4, 0.5) is 0 Å². The molecule has 0 fully saturated rings. The van der Waals surface area contributed by atoms with Gasteiger partial charge in [0.05, 0.1) is 18.2 Å². The van der Waals surface area contributed by atoms with E-state index in [0.29, 0.717) is 21.7 Å². The lowest BCUT2D eigenvalue weighted by atomic mass is 10.1. The first kappa shape index (κ1) is 14.3. The lowest BCUT2D eigenvalue weighted by molar-refractivity contribution is 0.0516. The van der Waals surface area contributed by atoms with Crippen LogP contribution in [-0.2, 0) is 4.74 Å². The lowest BCUT2D eigenvalue weighted by Crippen LogP contribution is -2.07. The van der Waals surface area contributed by atoms with Crippen molar-refractivity contribution in [1.29, 1.82) is 0 Å². The summed E-state index contributed by atoms with van der Waals surface area (Å²) in [4.78, 5) is 15.7. The van der Waals surface area contributed by atoms with Gasteiger partial charge in [0, 0.05) is 10.6 Å². The number of ether oxygens (including phenoxy) is 1. The van der Waals surface area contributed by atoms with Crippen LogP contribution in [0.25, 0.3) is 22.2 Å². The van der Waals surface area contributed by atoms with Gasteiger partial charge in [-0.05, 0) is 19.1 Å². The van der Waals surface area contributed by atoms with Gasteiger partial charge in [-0.3, -0.25) is 0 Å². The minimum Gasteiger partial charge on any atom is -0.505 e. The number of aromatic nitrogens is 2. The smallest absolute Gasteiger partial charge is 0.360 e. The van der Waals surface area contributed by atoms with Gasteiger partial charge in [0.15, 0.2) is 17.0 Å². The molecule has 0 radical (unpaired) electrons. The lowest BCUT2D eigenvalue weighted by Gasteiger charge is -2.04. The largest absolute Gasteiger partial charge is 0.505 e. The van der Waals surface area contributed by atoms with Crippen LogP contribution < -0.4 is 0 Å². The number of hydrogen-bond donors (Lipinski definition) is 1. The zero-order valence-corrected chi connectivity index (χ0v) is 12.3. The second-order valence-corrected chi connectivity index (χ2v) is 4.89. The predicted molar refractivity (Wildman–Crippen MR) is 79.9 cm³/mol. The molecule has 0 aliphatic carbocycles. The Kier molecular flexibility index (Phi) is 3.68. The molecule has 0 spiro atoms. The van der Waals surface area contributed by atoms with Crippen LogP contribution in [0.3, 0.4) is 0 Å². The fourth-order valence-electron chi connectivity index (χ4n) is 2.08. The van der Waals surface area contributed by atoms with E-state index < -0.39 is 5.97 Å². The maximum absolute atomic E-state index is 11.8. The maximum atomic E-state index is 11.8. The Bertz CT molecular complexity index is 843. The van der Waals surface area contributed by atoms with Crippen LogP contribution >= 0.6 is 11.6 Å². The zero-order valence-electron chi connectivity index (χ0n) is 11.5. The Balaban J connectivity index is 2.18. The van der Waals surface area contributed by atoms with Crippen molar-refractivity contribution in [3.63, 3.8) is 0 Å². The summed E-state index contributed by atoms with van der Waals surface area (Å²) in [5.41, 5.74) is 1.19. The second kappa shape index (κ2) is 5.65. The Labute approximate surface area is 130 Å². The van der Waals surface area contributed by atoms with E-state index in [1.165, 1.54) is 6.20 Å². The van der Waals surface area contributed by atoms with Crippen molar-refractivity contribution >= 4 is 28.5 Å². The van der Waals surface area contributed by atoms with Crippen LogP contribution in [0.1, 0.15) is 17.4 Å². The van der Waals surface area contributed by atoms with E-state index in [1.807, 2.05) is 0 Å². The van der Waals surface area contributed by atoms with Crippen molar-refractivity contribution in [3.05, 3.63) is 41.2 Å². The maximum Gasteiger partial charge on any atom is 0.360 e. The molecule has 0 saturated carbocycles. The molecular weight excluding hydrogens is 308 g/mol. The number of halogens is 1. The summed E-state index contributed by atoms with van der Waals surface area (Å²) in [5.74, 6) is -1.02. The third-order valence-electron chi connectivity index (χ3n) is 3.08. The van der Waals surface area contributed by atoms with Crippen LogP contribution in [0, 0.1) is 0 Å². The van der Waals surface area contributed by atoms with E-state index in [-0.39, 0.29) is 23.6 Å². The number of carbonyl (C=O) groups is 1. The molecule has 0 bridgehead atoms. The fourth-order valence-corrected chi connectivity index (χ4v) is 2.20. The van der Waals surface area contributed by atoms with Gasteiger partial charge in [0.2, 0.25) is 0 Å². The van der Waals surface area contributed by atoms with Gasteiger partial charge >= 0.3 is 5.97 Å². The van der Waals surface area contributed by atoms with E-state index in [0.717, 1.165) is 0 Å². The van der Waals surface area contributed by atoms with Crippen LogP contribution in [0.15, 0.2) is 35.0 Å². The standard InChI is InChI=1S/C15H11ClN2O4/c1-2-21-15(20)13-14(19)11-10(7-17-13)22-18-12(11)8-3-5-9(16)6-4-8/h3-7,19H,2H2,1H3. The van der Waals surface area contributed by atoms with Gasteiger partial charge in [0.25, 0.3) is 0 Å². The van der Waals surface area contributed by atoms with E-state index >= 15 is 0 Å². The Morgan fingerprint density at radius 3 is 2.77 bits per heavy atom. The van der Waals surface area contributed by atoms with Gasteiger partial charge in [0.1, 0.15) is 5.69 Å². The van der Waals surface area contributed by atoms with Crippen LogP contribution in [0.2, 0.25) is 5.02 Å². The molecule has 0 amide bonds. The quantitative estimate of drug-likeness (QED) is 0.745. The molecule has 3 rings (SSSR count). The molecule has 6 nitrogen and oxygen atoms in total. The molecule has 3 aromatic rings. The minimum atomic E-state index is -0.704. The summed E-state index contributed by atoms with van der Waals surface area (Å²) in [6, 6.07) is 6.87. The highest BCUT2D eigenvalue weighted by molar-refractivity contribution is 6.30. The van der Waals surface area contributed by atoms with E-state index in [2.05, 4.69) is 10.1 Å². The summed E-state index contributed by atoms with van der Waals surface area (Å²) in [6.45, 7) is 1.86. The number of nitrogens with zero attached hydrogens (tertiary/aromatic N) is 2. The first-order valence-electron chi connectivity index (χ1n) is 6.52. The minimum absolute atomic E-state index is 0.173. The van der Waals surface area contributed by atoms with E-state index in [1.54, 1.807) is 31.2 Å². The summed E-state index contributed by atoms with van der Waals surface area (Å²) >= 11 is 5.86. The predicted octanol–water partition coefficient (Wildman–Crippen LogP) is 3.43. The highest BCUT2D eigenvalue weighted by atomic mass is 35.5. The second-order valence-electron chi connectivity index (χ2n) is 4.45. The number of benzene rings is 1. The summed E-state index contributed by atoms with van der Waals surface area (Å²) < 4.78 is 10.0. The van der Waals surface area contributed by atoms with Gasteiger partial charge < -0.3 is 14.4 Å². The third-order valence-corrected chi connectivity index (χ3v) is 3.33. The average Bonchev–Trinajstić information content (AvgIpc) is 2.93. The first-order valence-corrected chi connectivity index (χ1v) is 6.90. The number of esters is 1. The Morgan fingerprint density at radius 2 is 2.09 bits per heavy atom. The monoisotopic (exact) mass is 318 g/mol. The van der Waals surface area contributed by atoms with Crippen molar-refractivity contribution in [1.82, 2.24) is 10.1 Å². The number of aromatic hydroxyl groups is 1. The number of hydrogen-bond acceptors (Lipinski definition) is 6. The van der Waals surface area contributed by atoms with Gasteiger partial charge in [-0.2, -0.15) is 0 Å². The number of fused-ring (bicyclic) bond motifs is 1. The van der Waals surface area contributed by atoms with Gasteiger partial charge in [-0.25, -0.2) is 9.78 Å².